The molecule has 1 nitrogen and oxygen atoms in total. The van der Waals surface area contributed by atoms with Crippen molar-refractivity contribution in [2.75, 3.05) is 13.1 Å². The molecule has 1 saturated heterocycles. The zero-order valence-corrected chi connectivity index (χ0v) is 10.4. The van der Waals surface area contributed by atoms with Gasteiger partial charge in [-0.25, -0.2) is 0 Å². The normalized spacial score (nSPS) is 29.3. The van der Waals surface area contributed by atoms with Gasteiger partial charge in [-0.05, 0) is 36.6 Å². The Kier molecular flexibility index (Phi) is 7.87. The largest absolute Gasteiger partial charge is 0.316 e. The third-order valence-electron chi connectivity index (χ3n) is 2.65. The maximum Gasteiger partial charge on any atom is -0.000837 e. The number of rotatable bonds is 3. The molecule has 0 aromatic heterocycles. The molecular weight excluding hydrogens is 178 g/mol. The molecule has 1 N–H and O–H groups in total. The van der Waals surface area contributed by atoms with Crippen LogP contribution in [0.25, 0.3) is 0 Å². The summed E-state index contributed by atoms with van der Waals surface area (Å²) in [6, 6.07) is 0. The Hall–Kier alpha value is 0.310. The molecule has 0 spiro atoms. The minimum Gasteiger partial charge on any atom is -0.316 e. The average molecular weight is 203 g/mol. The lowest BCUT2D eigenvalue weighted by Gasteiger charge is -2.17. The van der Waals surface area contributed by atoms with E-state index in [-0.39, 0.29) is 0 Å². The predicted octanol–water partition coefficient (Wildman–Crippen LogP) is 2.97. The van der Waals surface area contributed by atoms with Crippen molar-refractivity contribution in [3.63, 3.8) is 0 Å². The van der Waals surface area contributed by atoms with Gasteiger partial charge in [-0.2, -0.15) is 12.6 Å². The molecule has 1 aliphatic rings. The van der Waals surface area contributed by atoms with E-state index >= 15 is 0 Å². The van der Waals surface area contributed by atoms with Crippen LogP contribution in [0.2, 0.25) is 0 Å². The Balaban J connectivity index is 0.000000671. The average Bonchev–Trinajstić information content (AvgIpc) is 2.54. The first-order valence-corrected chi connectivity index (χ1v) is 6.14. The maximum absolute atomic E-state index is 4.42. The predicted molar refractivity (Wildman–Crippen MR) is 64.6 cm³/mol. The number of hydrogen-bond acceptors (Lipinski definition) is 2. The fourth-order valence-corrected chi connectivity index (χ4v) is 2.25. The van der Waals surface area contributed by atoms with Crippen LogP contribution in [0.15, 0.2) is 0 Å². The molecule has 3 atom stereocenters. The van der Waals surface area contributed by atoms with Gasteiger partial charge in [0.15, 0.2) is 0 Å². The highest BCUT2D eigenvalue weighted by molar-refractivity contribution is 7.80. The van der Waals surface area contributed by atoms with E-state index in [0.29, 0.717) is 5.25 Å². The summed E-state index contributed by atoms with van der Waals surface area (Å²) in [5.74, 6) is 1.79. The van der Waals surface area contributed by atoms with Crippen LogP contribution < -0.4 is 5.32 Å². The molecule has 0 aromatic rings. The van der Waals surface area contributed by atoms with E-state index in [9.17, 15) is 0 Å². The third-order valence-corrected chi connectivity index (χ3v) is 2.86. The number of thiol groups is 1. The minimum absolute atomic E-state index is 0.564. The molecule has 0 radical (unpaired) electrons. The second kappa shape index (κ2) is 7.69. The molecule has 0 saturated carbocycles. The van der Waals surface area contributed by atoms with Crippen LogP contribution in [-0.4, -0.2) is 18.3 Å². The van der Waals surface area contributed by atoms with Crippen LogP contribution in [0.5, 0.6) is 0 Å². The van der Waals surface area contributed by atoms with Crippen LogP contribution >= 0.6 is 12.6 Å². The van der Waals surface area contributed by atoms with Gasteiger partial charge in [-0.15, -0.1) is 0 Å². The molecule has 2 heteroatoms. The third kappa shape index (κ3) is 4.92. The van der Waals surface area contributed by atoms with E-state index in [1.807, 2.05) is 13.8 Å². The number of nitrogens with one attached hydrogen (secondary N) is 1. The molecule has 1 aliphatic heterocycles. The van der Waals surface area contributed by atoms with Crippen LogP contribution in [0.1, 0.15) is 40.5 Å². The van der Waals surface area contributed by atoms with Gasteiger partial charge in [0, 0.05) is 0 Å². The van der Waals surface area contributed by atoms with Gasteiger partial charge in [-0.1, -0.05) is 34.1 Å². The van der Waals surface area contributed by atoms with Gasteiger partial charge in [-0.3, -0.25) is 0 Å². The van der Waals surface area contributed by atoms with Crippen molar-refractivity contribution in [2.24, 2.45) is 11.8 Å². The standard InChI is InChI=1S/C9H19NS.C2H6/c1-3-8-5-10-6-9(8)4-7(2)11;1-2/h7-11H,3-6H2,1-2H3;1-2H3. The second-order valence-electron chi connectivity index (χ2n) is 3.67. The van der Waals surface area contributed by atoms with E-state index in [2.05, 4.69) is 31.8 Å². The molecule has 0 aromatic carbocycles. The lowest BCUT2D eigenvalue weighted by Crippen LogP contribution is -2.15. The molecule has 80 valence electrons. The van der Waals surface area contributed by atoms with Gasteiger partial charge in [0.05, 0.1) is 0 Å². The van der Waals surface area contributed by atoms with Gasteiger partial charge < -0.3 is 5.32 Å². The smallest absolute Gasteiger partial charge is 0.000837 e. The van der Waals surface area contributed by atoms with Crippen LogP contribution in [0.4, 0.5) is 0 Å². The topological polar surface area (TPSA) is 12.0 Å². The minimum atomic E-state index is 0.564. The molecule has 0 bridgehead atoms. The lowest BCUT2D eigenvalue weighted by molar-refractivity contribution is 0.385. The van der Waals surface area contributed by atoms with Crippen molar-refractivity contribution in [3.05, 3.63) is 0 Å². The Morgan fingerprint density at radius 2 is 1.85 bits per heavy atom. The van der Waals surface area contributed by atoms with Crippen LogP contribution in [-0.2, 0) is 0 Å². The summed E-state index contributed by atoms with van der Waals surface area (Å²) in [5, 5.41) is 4.01. The van der Waals surface area contributed by atoms with Crippen LogP contribution in [0.3, 0.4) is 0 Å². The van der Waals surface area contributed by atoms with E-state index in [0.717, 1.165) is 11.8 Å². The fraction of sp³-hybridized carbons (Fsp3) is 1.00. The molecule has 0 amide bonds. The molecular formula is C11H25NS. The van der Waals surface area contributed by atoms with Crippen molar-refractivity contribution in [1.82, 2.24) is 5.32 Å². The second-order valence-corrected chi connectivity index (χ2v) is 4.55. The molecule has 1 rings (SSSR count). The van der Waals surface area contributed by atoms with E-state index in [1.165, 1.54) is 25.9 Å². The first kappa shape index (κ1) is 13.3. The monoisotopic (exact) mass is 203 g/mol. The Labute approximate surface area is 89.1 Å². The molecule has 1 fully saturated rings. The zero-order valence-electron chi connectivity index (χ0n) is 9.51. The zero-order chi connectivity index (χ0) is 10.3. The summed E-state index contributed by atoms with van der Waals surface area (Å²) in [6.07, 6.45) is 2.59. The maximum atomic E-state index is 4.42. The highest BCUT2D eigenvalue weighted by atomic mass is 32.1. The first-order chi connectivity index (χ1) is 6.24. The van der Waals surface area contributed by atoms with Crippen molar-refractivity contribution in [3.8, 4) is 0 Å². The van der Waals surface area contributed by atoms with Gasteiger partial charge in [0.1, 0.15) is 0 Å². The van der Waals surface area contributed by atoms with E-state index < -0.39 is 0 Å². The summed E-state index contributed by atoms with van der Waals surface area (Å²) in [7, 11) is 0. The molecule has 13 heavy (non-hydrogen) atoms. The SMILES string of the molecule is CC.CCC1CNCC1CC(C)S. The number of hydrogen-bond donors (Lipinski definition) is 2. The molecule has 3 unspecified atom stereocenters. The van der Waals surface area contributed by atoms with Crippen molar-refractivity contribution < 1.29 is 0 Å². The summed E-state index contributed by atoms with van der Waals surface area (Å²) in [4.78, 5) is 0. The quantitative estimate of drug-likeness (QED) is 0.672. The van der Waals surface area contributed by atoms with E-state index in [1.54, 1.807) is 0 Å². The summed E-state index contributed by atoms with van der Waals surface area (Å²) >= 11 is 4.42. The highest BCUT2D eigenvalue weighted by Crippen LogP contribution is 2.25. The summed E-state index contributed by atoms with van der Waals surface area (Å²) in [6.45, 7) is 10.9. The van der Waals surface area contributed by atoms with Crippen LogP contribution in [0, 0.1) is 11.8 Å². The van der Waals surface area contributed by atoms with Gasteiger partial charge in [0.2, 0.25) is 0 Å². The van der Waals surface area contributed by atoms with E-state index in [4.69, 9.17) is 0 Å². The lowest BCUT2D eigenvalue weighted by atomic mass is 9.90. The first-order valence-electron chi connectivity index (χ1n) is 5.62. The van der Waals surface area contributed by atoms with Crippen molar-refractivity contribution in [1.29, 1.82) is 0 Å². The Bertz CT molecular complexity index is 115. The van der Waals surface area contributed by atoms with Crippen molar-refractivity contribution in [2.45, 2.75) is 45.8 Å². The summed E-state index contributed by atoms with van der Waals surface area (Å²) in [5.41, 5.74) is 0. The molecule has 1 heterocycles. The Morgan fingerprint density at radius 3 is 2.31 bits per heavy atom. The van der Waals surface area contributed by atoms with Gasteiger partial charge in [0.25, 0.3) is 0 Å². The van der Waals surface area contributed by atoms with Crippen molar-refractivity contribution >= 4 is 12.6 Å². The van der Waals surface area contributed by atoms with Gasteiger partial charge >= 0.3 is 0 Å². The highest BCUT2D eigenvalue weighted by Gasteiger charge is 2.25. The fourth-order valence-electron chi connectivity index (χ4n) is 1.98. The molecule has 0 aliphatic carbocycles. The Morgan fingerprint density at radius 1 is 1.31 bits per heavy atom. The summed E-state index contributed by atoms with van der Waals surface area (Å²) < 4.78 is 0.